The van der Waals surface area contributed by atoms with E-state index in [2.05, 4.69) is 17.6 Å². The van der Waals surface area contributed by atoms with Crippen LogP contribution >= 0.6 is 0 Å². The summed E-state index contributed by atoms with van der Waals surface area (Å²) < 4.78 is 0. The number of aryl methyl sites for hydroxylation is 1. The van der Waals surface area contributed by atoms with Gasteiger partial charge < -0.3 is 10.6 Å². The number of hydrogen-bond donors (Lipinski definition) is 2. The zero-order valence-corrected chi connectivity index (χ0v) is 15.7. The van der Waals surface area contributed by atoms with Gasteiger partial charge in [0.25, 0.3) is 0 Å². The van der Waals surface area contributed by atoms with Crippen molar-refractivity contribution in [3.8, 4) is 0 Å². The molecule has 4 heteroatoms. The topological polar surface area (TPSA) is 58.2 Å². The molecule has 2 N–H and O–H groups in total. The SMILES string of the molecule is CNc1ccc(Nc2ccc(C)cc2)c2c1C(=O)C1=C(CC(C)C=C1)C2=O. The second-order valence-corrected chi connectivity index (χ2v) is 7.24. The number of Topliss-reactive ketones (excluding diaryl/α,β-unsaturated/α-hetero) is 2. The van der Waals surface area contributed by atoms with E-state index in [1.807, 2.05) is 55.5 Å². The average molecular weight is 358 g/mol. The van der Waals surface area contributed by atoms with E-state index in [-0.39, 0.29) is 17.5 Å². The lowest BCUT2D eigenvalue weighted by Gasteiger charge is -2.27. The molecular formula is C23H22N2O2. The monoisotopic (exact) mass is 358 g/mol. The highest BCUT2D eigenvalue weighted by Crippen LogP contribution is 2.40. The largest absolute Gasteiger partial charge is 0.388 e. The van der Waals surface area contributed by atoms with Gasteiger partial charge in [-0.3, -0.25) is 9.59 Å². The van der Waals surface area contributed by atoms with E-state index in [0.29, 0.717) is 40.1 Å². The molecule has 2 aromatic carbocycles. The fraction of sp³-hybridized carbons (Fsp3) is 0.217. The van der Waals surface area contributed by atoms with Gasteiger partial charge in [0.05, 0.1) is 16.8 Å². The van der Waals surface area contributed by atoms with Gasteiger partial charge in [-0.15, -0.1) is 0 Å². The van der Waals surface area contributed by atoms with Crippen LogP contribution in [0.1, 0.15) is 39.6 Å². The first-order chi connectivity index (χ1) is 13.0. The van der Waals surface area contributed by atoms with Crippen molar-refractivity contribution in [2.45, 2.75) is 20.3 Å². The molecule has 2 aliphatic rings. The zero-order valence-electron chi connectivity index (χ0n) is 15.7. The van der Waals surface area contributed by atoms with E-state index >= 15 is 0 Å². The van der Waals surface area contributed by atoms with Crippen LogP contribution in [-0.4, -0.2) is 18.6 Å². The lowest BCUT2D eigenvalue weighted by Crippen LogP contribution is -2.26. The molecule has 0 saturated heterocycles. The molecule has 1 atom stereocenters. The van der Waals surface area contributed by atoms with Gasteiger partial charge >= 0.3 is 0 Å². The maximum Gasteiger partial charge on any atom is 0.196 e. The molecule has 0 radical (unpaired) electrons. The van der Waals surface area contributed by atoms with Gasteiger partial charge in [-0.1, -0.05) is 36.8 Å². The number of nitrogens with one attached hydrogen (secondary N) is 2. The first kappa shape index (κ1) is 17.3. The fourth-order valence-electron chi connectivity index (χ4n) is 3.75. The predicted molar refractivity (Wildman–Crippen MR) is 109 cm³/mol. The third-order valence-corrected chi connectivity index (χ3v) is 5.22. The summed E-state index contributed by atoms with van der Waals surface area (Å²) in [5, 5.41) is 6.39. The molecule has 0 heterocycles. The van der Waals surface area contributed by atoms with Crippen LogP contribution in [0.3, 0.4) is 0 Å². The Labute approximate surface area is 159 Å². The number of allylic oxidation sites excluding steroid dienone is 4. The first-order valence-electron chi connectivity index (χ1n) is 9.18. The Bertz CT molecular complexity index is 1010. The van der Waals surface area contributed by atoms with Crippen molar-refractivity contribution >= 4 is 28.6 Å². The van der Waals surface area contributed by atoms with Crippen molar-refractivity contribution in [3.05, 3.63) is 76.4 Å². The number of fused-ring (bicyclic) bond motifs is 1. The zero-order chi connectivity index (χ0) is 19.1. The molecule has 136 valence electrons. The Balaban J connectivity index is 1.86. The van der Waals surface area contributed by atoms with Crippen LogP contribution in [0.5, 0.6) is 0 Å². The van der Waals surface area contributed by atoms with E-state index in [4.69, 9.17) is 0 Å². The summed E-state index contributed by atoms with van der Waals surface area (Å²) in [4.78, 5) is 26.6. The van der Waals surface area contributed by atoms with Crippen LogP contribution in [0.2, 0.25) is 0 Å². The molecule has 1 unspecified atom stereocenters. The fourth-order valence-corrected chi connectivity index (χ4v) is 3.75. The molecule has 0 bridgehead atoms. The highest BCUT2D eigenvalue weighted by Gasteiger charge is 2.36. The summed E-state index contributed by atoms with van der Waals surface area (Å²) in [7, 11) is 1.77. The predicted octanol–water partition coefficient (Wildman–Crippen LogP) is 5.05. The van der Waals surface area contributed by atoms with Crippen LogP contribution in [0.15, 0.2) is 59.7 Å². The summed E-state index contributed by atoms with van der Waals surface area (Å²) in [5.41, 5.74) is 5.48. The number of ketones is 2. The molecule has 2 aliphatic carbocycles. The third kappa shape index (κ3) is 2.87. The molecule has 0 aromatic heterocycles. The van der Waals surface area contributed by atoms with Crippen molar-refractivity contribution in [3.63, 3.8) is 0 Å². The summed E-state index contributed by atoms with van der Waals surface area (Å²) in [6.45, 7) is 4.09. The summed E-state index contributed by atoms with van der Waals surface area (Å²) in [6, 6.07) is 11.7. The van der Waals surface area contributed by atoms with Crippen LogP contribution in [0.4, 0.5) is 17.1 Å². The minimum atomic E-state index is -0.0837. The Hall–Kier alpha value is -3.14. The van der Waals surface area contributed by atoms with Gasteiger partial charge in [-0.2, -0.15) is 0 Å². The third-order valence-electron chi connectivity index (χ3n) is 5.22. The van der Waals surface area contributed by atoms with Gasteiger partial charge in [0, 0.05) is 29.6 Å². The lowest BCUT2D eigenvalue weighted by atomic mass is 9.76. The second kappa shape index (κ2) is 6.54. The van der Waals surface area contributed by atoms with Crippen molar-refractivity contribution in [2.24, 2.45) is 5.92 Å². The van der Waals surface area contributed by atoms with Crippen LogP contribution in [0, 0.1) is 12.8 Å². The molecule has 0 amide bonds. The quantitative estimate of drug-likeness (QED) is 0.806. The number of rotatable bonds is 3. The molecule has 4 nitrogen and oxygen atoms in total. The average Bonchev–Trinajstić information content (AvgIpc) is 2.67. The van der Waals surface area contributed by atoms with E-state index in [1.54, 1.807) is 7.05 Å². The van der Waals surface area contributed by atoms with E-state index in [0.717, 1.165) is 11.3 Å². The number of carbonyl (C=O) groups excluding carboxylic acids is 2. The standard InChI is InChI=1S/C23H22N2O2/c1-13-4-7-15(8-5-13)25-19-11-10-18(24-3)20-21(19)23(27)17-12-14(2)6-9-16(17)22(20)26/h4-11,14,24-25H,12H2,1-3H3. The Kier molecular flexibility index (Phi) is 4.19. The first-order valence-corrected chi connectivity index (χ1v) is 9.18. The number of anilines is 3. The number of benzene rings is 2. The molecule has 0 spiro atoms. The molecule has 0 aliphatic heterocycles. The van der Waals surface area contributed by atoms with Crippen LogP contribution < -0.4 is 10.6 Å². The van der Waals surface area contributed by atoms with Crippen LogP contribution in [-0.2, 0) is 0 Å². The van der Waals surface area contributed by atoms with Crippen molar-refractivity contribution in [1.29, 1.82) is 0 Å². The van der Waals surface area contributed by atoms with Crippen molar-refractivity contribution in [2.75, 3.05) is 17.7 Å². The van der Waals surface area contributed by atoms with Gasteiger partial charge in [0.2, 0.25) is 0 Å². The van der Waals surface area contributed by atoms with Crippen molar-refractivity contribution < 1.29 is 9.59 Å². The van der Waals surface area contributed by atoms with E-state index < -0.39 is 0 Å². The van der Waals surface area contributed by atoms with Gasteiger partial charge in [0.1, 0.15) is 0 Å². The molecule has 0 fully saturated rings. The van der Waals surface area contributed by atoms with E-state index in [9.17, 15) is 9.59 Å². The van der Waals surface area contributed by atoms with Gasteiger partial charge in [0.15, 0.2) is 11.6 Å². The summed E-state index contributed by atoms with van der Waals surface area (Å²) in [5.74, 6) is 0.116. The molecule has 27 heavy (non-hydrogen) atoms. The minimum Gasteiger partial charge on any atom is -0.388 e. The summed E-state index contributed by atoms with van der Waals surface area (Å²) >= 11 is 0. The minimum absolute atomic E-state index is 0.0532. The lowest BCUT2D eigenvalue weighted by molar-refractivity contribution is 0.0973. The molecule has 0 saturated carbocycles. The van der Waals surface area contributed by atoms with Crippen molar-refractivity contribution in [1.82, 2.24) is 0 Å². The maximum atomic E-state index is 13.4. The highest BCUT2D eigenvalue weighted by molar-refractivity contribution is 6.31. The highest BCUT2D eigenvalue weighted by atomic mass is 16.1. The van der Waals surface area contributed by atoms with Crippen LogP contribution in [0.25, 0.3) is 0 Å². The Morgan fingerprint density at radius 3 is 2.30 bits per heavy atom. The van der Waals surface area contributed by atoms with Gasteiger partial charge in [-0.05, 0) is 43.5 Å². The normalized spacial score (nSPS) is 18.3. The van der Waals surface area contributed by atoms with E-state index in [1.165, 1.54) is 0 Å². The number of carbonyl (C=O) groups is 2. The maximum absolute atomic E-state index is 13.4. The molecular weight excluding hydrogens is 336 g/mol. The Morgan fingerprint density at radius 1 is 0.926 bits per heavy atom. The van der Waals surface area contributed by atoms with Gasteiger partial charge in [-0.25, -0.2) is 0 Å². The molecule has 2 aromatic rings. The smallest absolute Gasteiger partial charge is 0.196 e. The second-order valence-electron chi connectivity index (χ2n) is 7.24. The molecule has 4 rings (SSSR count). The Morgan fingerprint density at radius 2 is 1.59 bits per heavy atom. The number of hydrogen-bond acceptors (Lipinski definition) is 4. The summed E-state index contributed by atoms with van der Waals surface area (Å²) in [6.07, 6.45) is 4.41.